The summed E-state index contributed by atoms with van der Waals surface area (Å²) in [6, 6.07) is 1.43. The average Bonchev–Trinajstić information content (AvgIpc) is 3.44. The van der Waals surface area contributed by atoms with Gasteiger partial charge >= 0.3 is 0 Å². The molecule has 0 radical (unpaired) electrons. The van der Waals surface area contributed by atoms with Gasteiger partial charge in [0.15, 0.2) is 0 Å². The smallest absolute Gasteiger partial charge is 0.232 e. The molecule has 1 aromatic rings. The molecular weight excluding hydrogens is 537 g/mol. The molecule has 2 amide bonds. The number of nitrogens with zero attached hydrogens (tertiary/aromatic N) is 3. The fourth-order valence-electron chi connectivity index (χ4n) is 7.63. The van der Waals surface area contributed by atoms with E-state index in [2.05, 4.69) is 27.6 Å². The average molecular weight is 588 g/mol. The van der Waals surface area contributed by atoms with Crippen LogP contribution in [0.25, 0.3) is 0 Å². The maximum Gasteiger partial charge on any atom is 0.232 e. The van der Waals surface area contributed by atoms with Crippen molar-refractivity contribution >= 4 is 17.5 Å². The number of likely N-dealkylation sites (N-methyl/N-ethyl adjacent to an activating group) is 1. The largest absolute Gasteiger partial charge is 0.488 e. The molecule has 4 aliphatic rings. The normalized spacial score (nSPS) is 29.6. The Bertz CT molecular complexity index is 1050. The van der Waals surface area contributed by atoms with E-state index in [0.29, 0.717) is 17.9 Å². The van der Waals surface area contributed by atoms with Gasteiger partial charge in [0, 0.05) is 56.9 Å². The lowest BCUT2D eigenvalue weighted by Gasteiger charge is -2.40. The Hall–Kier alpha value is -2.34. The van der Waals surface area contributed by atoms with Gasteiger partial charge in [0.25, 0.3) is 0 Å². The Balaban J connectivity index is 1.20. The van der Waals surface area contributed by atoms with E-state index in [1.54, 1.807) is 18.5 Å². The van der Waals surface area contributed by atoms with E-state index in [4.69, 9.17) is 16.2 Å². The van der Waals surface area contributed by atoms with Gasteiger partial charge in [-0.25, -0.2) is 4.39 Å². The van der Waals surface area contributed by atoms with Gasteiger partial charge in [-0.3, -0.25) is 14.6 Å². The van der Waals surface area contributed by atoms with Crippen LogP contribution in [0.1, 0.15) is 70.6 Å². The predicted octanol–water partition coefficient (Wildman–Crippen LogP) is 2.63. The molecule has 0 bridgehead atoms. The van der Waals surface area contributed by atoms with Crippen LogP contribution in [-0.4, -0.2) is 90.9 Å². The standard InChI is InChI=1S/C31H50FN7O3/c1-38-14-16-39(17-15-38)30(41)21-4-6-23(7-5-21)42-26-9-13-35-20-25(26)37-29(40)27(28(33)34)24-18-31(10-2-3-11-31)12-8-22(32)19-36-24/h9,13,20-24,27-28,36H,2-8,10-12,14-19,33-34H2,1H3,(H,37,40)/t21-,22?,23+,24?,27?. The van der Waals surface area contributed by atoms with Crippen LogP contribution in [0.5, 0.6) is 5.75 Å². The summed E-state index contributed by atoms with van der Waals surface area (Å²) in [5.41, 5.74) is 12.9. The van der Waals surface area contributed by atoms with Crippen LogP contribution < -0.4 is 26.8 Å². The summed E-state index contributed by atoms with van der Waals surface area (Å²) in [6.07, 6.45) is 11.0. The second-order valence-corrected chi connectivity index (χ2v) is 13.2. The number of carbonyl (C=O) groups excluding carboxylic acids is 2. The van der Waals surface area contributed by atoms with Crippen molar-refractivity contribution in [1.82, 2.24) is 20.1 Å². The number of carbonyl (C=O) groups is 2. The number of nitrogens with one attached hydrogen (secondary N) is 2. The Labute approximate surface area is 249 Å². The molecule has 6 N–H and O–H groups in total. The first-order valence-electron chi connectivity index (χ1n) is 16.0. The minimum atomic E-state index is -0.951. The summed E-state index contributed by atoms with van der Waals surface area (Å²) < 4.78 is 21.0. The minimum absolute atomic E-state index is 0.0307. The summed E-state index contributed by atoms with van der Waals surface area (Å²) in [4.78, 5) is 35.3. The van der Waals surface area contributed by atoms with Crippen molar-refractivity contribution in [2.45, 2.75) is 95.1 Å². The van der Waals surface area contributed by atoms with E-state index in [-0.39, 0.29) is 41.8 Å². The molecule has 2 aliphatic heterocycles. The second kappa shape index (κ2) is 14.0. The van der Waals surface area contributed by atoms with Crippen molar-refractivity contribution in [1.29, 1.82) is 0 Å². The highest BCUT2D eigenvalue weighted by molar-refractivity contribution is 5.94. The van der Waals surface area contributed by atoms with Gasteiger partial charge in [0.1, 0.15) is 17.6 Å². The molecule has 10 nitrogen and oxygen atoms in total. The van der Waals surface area contributed by atoms with E-state index < -0.39 is 18.3 Å². The number of nitrogens with two attached hydrogens (primary N) is 2. The molecule has 1 aromatic heterocycles. The van der Waals surface area contributed by atoms with Crippen molar-refractivity contribution in [2.24, 2.45) is 28.7 Å². The molecule has 234 valence electrons. The lowest BCUT2D eigenvalue weighted by molar-refractivity contribution is -0.138. The Morgan fingerprint density at radius 2 is 1.81 bits per heavy atom. The number of anilines is 1. The lowest BCUT2D eigenvalue weighted by atomic mass is 9.72. The number of aromatic nitrogens is 1. The topological polar surface area (TPSA) is 139 Å². The van der Waals surface area contributed by atoms with Crippen molar-refractivity contribution in [3.63, 3.8) is 0 Å². The summed E-state index contributed by atoms with van der Waals surface area (Å²) in [5.74, 6) is -0.204. The van der Waals surface area contributed by atoms with Crippen LogP contribution in [-0.2, 0) is 9.59 Å². The number of halogens is 1. The molecule has 11 heteroatoms. The molecule has 3 heterocycles. The SMILES string of the molecule is CN1CCN(C(=O)[C@H]2CC[C@@H](Oc3ccncc3NC(=O)C(C(N)N)C3CC4(CCCC4)CCC(F)CN3)CC2)CC1. The number of pyridine rings is 1. The minimum Gasteiger partial charge on any atom is -0.488 e. The summed E-state index contributed by atoms with van der Waals surface area (Å²) >= 11 is 0. The van der Waals surface area contributed by atoms with Gasteiger partial charge in [0.05, 0.1) is 24.4 Å². The third-order valence-corrected chi connectivity index (χ3v) is 10.2. The zero-order chi connectivity index (χ0) is 29.7. The maximum absolute atomic E-state index is 14.6. The van der Waals surface area contributed by atoms with Crippen molar-refractivity contribution in [2.75, 3.05) is 45.1 Å². The molecule has 4 fully saturated rings. The number of rotatable bonds is 7. The first-order valence-corrected chi connectivity index (χ1v) is 16.0. The van der Waals surface area contributed by atoms with Crippen LogP contribution in [0.2, 0.25) is 0 Å². The quantitative estimate of drug-likeness (QED) is 0.357. The molecule has 42 heavy (non-hydrogen) atoms. The zero-order valence-corrected chi connectivity index (χ0v) is 25.1. The second-order valence-electron chi connectivity index (χ2n) is 13.2. The maximum atomic E-state index is 14.6. The third kappa shape index (κ3) is 7.59. The molecule has 5 rings (SSSR count). The molecule has 0 aromatic carbocycles. The molecule has 2 saturated carbocycles. The van der Waals surface area contributed by atoms with Gasteiger partial charge in [-0.1, -0.05) is 12.8 Å². The molecule has 2 aliphatic carbocycles. The fraction of sp³-hybridized carbons (Fsp3) is 0.774. The van der Waals surface area contributed by atoms with Crippen molar-refractivity contribution in [3.8, 4) is 5.75 Å². The van der Waals surface area contributed by atoms with Crippen molar-refractivity contribution < 1.29 is 18.7 Å². The van der Waals surface area contributed by atoms with Crippen LogP contribution in [0.4, 0.5) is 10.1 Å². The first-order chi connectivity index (χ1) is 20.2. The number of alkyl halides is 1. The van der Waals surface area contributed by atoms with Gasteiger partial charge in [0.2, 0.25) is 11.8 Å². The zero-order valence-electron chi connectivity index (χ0n) is 25.1. The molecule has 3 atom stereocenters. The van der Waals surface area contributed by atoms with Crippen molar-refractivity contribution in [3.05, 3.63) is 18.5 Å². The number of hydrogen-bond acceptors (Lipinski definition) is 8. The number of ether oxygens (including phenoxy) is 1. The lowest BCUT2D eigenvalue weighted by Crippen LogP contribution is -2.57. The highest BCUT2D eigenvalue weighted by Crippen LogP contribution is 2.47. The van der Waals surface area contributed by atoms with Crippen LogP contribution in [0.3, 0.4) is 0 Å². The van der Waals surface area contributed by atoms with E-state index in [9.17, 15) is 14.0 Å². The Kier molecular flexibility index (Phi) is 10.3. The highest BCUT2D eigenvalue weighted by atomic mass is 19.1. The monoisotopic (exact) mass is 587 g/mol. The Morgan fingerprint density at radius 3 is 2.50 bits per heavy atom. The van der Waals surface area contributed by atoms with Gasteiger partial charge in [-0.2, -0.15) is 0 Å². The number of amides is 2. The summed E-state index contributed by atoms with van der Waals surface area (Å²) in [5, 5.41) is 6.31. The predicted molar refractivity (Wildman–Crippen MR) is 160 cm³/mol. The summed E-state index contributed by atoms with van der Waals surface area (Å²) in [7, 11) is 2.09. The van der Waals surface area contributed by atoms with Gasteiger partial charge in [-0.05, 0) is 70.3 Å². The first kappa shape index (κ1) is 31.1. The van der Waals surface area contributed by atoms with E-state index in [1.165, 1.54) is 0 Å². The van der Waals surface area contributed by atoms with E-state index in [1.807, 2.05) is 4.90 Å². The molecule has 2 saturated heterocycles. The number of piperazine rings is 1. The van der Waals surface area contributed by atoms with Gasteiger partial charge < -0.3 is 36.6 Å². The van der Waals surface area contributed by atoms with Crippen LogP contribution in [0, 0.1) is 17.3 Å². The van der Waals surface area contributed by atoms with Crippen LogP contribution >= 0.6 is 0 Å². The molecular formula is C31H50FN7O3. The van der Waals surface area contributed by atoms with Gasteiger partial charge in [-0.15, -0.1) is 0 Å². The Morgan fingerprint density at radius 1 is 1.10 bits per heavy atom. The summed E-state index contributed by atoms with van der Waals surface area (Å²) in [6.45, 7) is 3.63. The molecule has 3 unspecified atom stereocenters. The van der Waals surface area contributed by atoms with E-state index in [0.717, 1.165) is 90.4 Å². The fourth-order valence-corrected chi connectivity index (χ4v) is 7.63. The molecule has 1 spiro atoms. The van der Waals surface area contributed by atoms with Crippen LogP contribution in [0.15, 0.2) is 18.5 Å². The number of hydrogen-bond donors (Lipinski definition) is 4. The third-order valence-electron chi connectivity index (χ3n) is 10.2. The highest BCUT2D eigenvalue weighted by Gasteiger charge is 2.43. The van der Waals surface area contributed by atoms with E-state index >= 15 is 0 Å².